The smallest absolute Gasteiger partial charge is 0.252 e. The highest BCUT2D eigenvalue weighted by molar-refractivity contribution is 6.31. The molecular weight excluding hydrogens is 453 g/mol. The zero-order chi connectivity index (χ0) is 24.3. The van der Waals surface area contributed by atoms with E-state index in [9.17, 15) is 18.8 Å². The van der Waals surface area contributed by atoms with Gasteiger partial charge in [-0.3, -0.25) is 19.1 Å². The van der Waals surface area contributed by atoms with Crippen molar-refractivity contribution in [2.75, 3.05) is 26.8 Å². The van der Waals surface area contributed by atoms with Gasteiger partial charge in [-0.2, -0.15) is 5.10 Å². The van der Waals surface area contributed by atoms with Crippen LogP contribution >= 0.6 is 11.6 Å². The molecule has 2 aromatic rings. The molecule has 1 aliphatic rings. The monoisotopic (exact) mass is 479 g/mol. The number of rotatable bonds is 8. The van der Waals surface area contributed by atoms with E-state index in [0.717, 1.165) is 0 Å². The van der Waals surface area contributed by atoms with Gasteiger partial charge in [-0.05, 0) is 18.2 Å². The lowest BCUT2D eigenvalue weighted by Gasteiger charge is -2.31. The molecule has 3 rings (SSSR count). The van der Waals surface area contributed by atoms with Gasteiger partial charge >= 0.3 is 0 Å². The lowest BCUT2D eigenvalue weighted by Crippen LogP contribution is -2.45. The summed E-state index contributed by atoms with van der Waals surface area (Å²) in [5, 5.41) is 7.13. The fraction of sp³-hybridized carbons (Fsp3) is 0.455. The van der Waals surface area contributed by atoms with Crippen molar-refractivity contribution in [3.63, 3.8) is 0 Å². The Morgan fingerprint density at radius 3 is 2.67 bits per heavy atom. The van der Waals surface area contributed by atoms with Crippen molar-refractivity contribution in [2.24, 2.45) is 11.1 Å². The number of halogens is 2. The van der Waals surface area contributed by atoms with Gasteiger partial charge in [-0.1, -0.05) is 25.4 Å². The maximum atomic E-state index is 13.6. The van der Waals surface area contributed by atoms with Crippen LogP contribution in [-0.2, 0) is 27.4 Å². The number of nitrogens with one attached hydrogen (secondary N) is 1. The normalized spacial score (nSPS) is 13.5. The Morgan fingerprint density at radius 1 is 1.30 bits per heavy atom. The van der Waals surface area contributed by atoms with Crippen LogP contribution in [0, 0.1) is 11.2 Å². The van der Waals surface area contributed by atoms with Crippen molar-refractivity contribution in [3.8, 4) is 11.3 Å². The fourth-order valence-electron chi connectivity index (χ4n) is 3.71. The lowest BCUT2D eigenvalue weighted by molar-refractivity contribution is -0.140. The first kappa shape index (κ1) is 24.7. The molecule has 1 aromatic heterocycles. The van der Waals surface area contributed by atoms with Crippen LogP contribution in [0.5, 0.6) is 0 Å². The maximum Gasteiger partial charge on any atom is 0.252 e. The summed E-state index contributed by atoms with van der Waals surface area (Å²) in [5.41, 5.74) is 6.09. The molecule has 2 heterocycles. The summed E-state index contributed by atoms with van der Waals surface area (Å²) >= 11 is 5.90. The minimum absolute atomic E-state index is 0.00765. The maximum absolute atomic E-state index is 13.6. The van der Waals surface area contributed by atoms with Crippen molar-refractivity contribution in [3.05, 3.63) is 40.3 Å². The SMILES string of the molecule is COCCNC(=O)C(C)(C)CC(=O)N1CCn2nc(-c3ccc(F)c(Cl)c3)c(C(N)=O)c2C1. The third kappa shape index (κ3) is 5.33. The van der Waals surface area contributed by atoms with Crippen LogP contribution in [0.1, 0.15) is 36.3 Å². The number of aromatic nitrogens is 2. The van der Waals surface area contributed by atoms with Crippen LogP contribution < -0.4 is 11.1 Å². The summed E-state index contributed by atoms with van der Waals surface area (Å²) in [7, 11) is 1.54. The van der Waals surface area contributed by atoms with Gasteiger partial charge in [0.25, 0.3) is 5.91 Å². The molecular formula is C22H27ClFN5O4. The van der Waals surface area contributed by atoms with Crippen LogP contribution in [0.15, 0.2) is 18.2 Å². The zero-order valence-corrected chi connectivity index (χ0v) is 19.5. The molecule has 0 unspecified atom stereocenters. The van der Waals surface area contributed by atoms with Gasteiger partial charge in [0.15, 0.2) is 0 Å². The number of amides is 3. The molecule has 0 saturated heterocycles. The van der Waals surface area contributed by atoms with Crippen molar-refractivity contribution >= 4 is 29.3 Å². The lowest BCUT2D eigenvalue weighted by atomic mass is 9.87. The number of ether oxygens (including phenoxy) is 1. The molecule has 0 saturated carbocycles. The third-order valence-corrected chi connectivity index (χ3v) is 5.86. The highest BCUT2D eigenvalue weighted by Crippen LogP contribution is 2.31. The average molecular weight is 480 g/mol. The summed E-state index contributed by atoms with van der Waals surface area (Å²) in [6.45, 7) is 4.95. The minimum atomic E-state index is -0.926. The van der Waals surface area contributed by atoms with E-state index in [0.29, 0.717) is 37.5 Å². The Bertz CT molecular complexity index is 1080. The largest absolute Gasteiger partial charge is 0.383 e. The quantitative estimate of drug-likeness (QED) is 0.561. The van der Waals surface area contributed by atoms with Gasteiger partial charge in [-0.25, -0.2) is 4.39 Å². The van der Waals surface area contributed by atoms with Crippen LogP contribution in [-0.4, -0.2) is 59.2 Å². The summed E-state index contributed by atoms with van der Waals surface area (Å²) < 4.78 is 20.1. The van der Waals surface area contributed by atoms with E-state index < -0.39 is 17.1 Å². The summed E-state index contributed by atoms with van der Waals surface area (Å²) in [6, 6.07) is 4.04. The highest BCUT2D eigenvalue weighted by atomic mass is 35.5. The topological polar surface area (TPSA) is 120 Å². The van der Waals surface area contributed by atoms with Gasteiger partial charge in [-0.15, -0.1) is 0 Å². The number of nitrogens with zero attached hydrogens (tertiary/aromatic N) is 3. The number of methoxy groups -OCH3 is 1. The molecule has 1 aliphatic heterocycles. The van der Waals surface area contributed by atoms with Gasteiger partial charge in [0.05, 0.1) is 41.4 Å². The fourth-order valence-corrected chi connectivity index (χ4v) is 3.89. The summed E-state index contributed by atoms with van der Waals surface area (Å²) in [5.74, 6) is -1.77. The van der Waals surface area contributed by atoms with E-state index in [-0.39, 0.29) is 41.1 Å². The molecule has 33 heavy (non-hydrogen) atoms. The molecule has 11 heteroatoms. The van der Waals surface area contributed by atoms with Crippen LogP contribution in [0.25, 0.3) is 11.3 Å². The Balaban J connectivity index is 1.81. The number of primary amides is 1. The van der Waals surface area contributed by atoms with Crippen LogP contribution in [0.3, 0.4) is 0 Å². The third-order valence-electron chi connectivity index (χ3n) is 5.57. The number of carbonyl (C=O) groups excluding carboxylic acids is 3. The molecule has 0 fully saturated rings. The van der Waals surface area contributed by atoms with Gasteiger partial charge < -0.3 is 20.7 Å². The van der Waals surface area contributed by atoms with Crippen molar-refractivity contribution in [2.45, 2.75) is 33.4 Å². The van der Waals surface area contributed by atoms with Gasteiger partial charge in [0.2, 0.25) is 11.8 Å². The molecule has 178 valence electrons. The molecule has 0 aliphatic carbocycles. The minimum Gasteiger partial charge on any atom is -0.383 e. The molecule has 0 bridgehead atoms. The molecule has 9 nitrogen and oxygen atoms in total. The Hall–Kier alpha value is -2.98. The van der Waals surface area contributed by atoms with E-state index in [4.69, 9.17) is 22.1 Å². The number of fused-ring (bicyclic) bond motifs is 1. The zero-order valence-electron chi connectivity index (χ0n) is 18.8. The Morgan fingerprint density at radius 2 is 2.03 bits per heavy atom. The Labute approximate surface area is 196 Å². The molecule has 3 amide bonds. The van der Waals surface area contributed by atoms with E-state index in [1.807, 2.05) is 0 Å². The second-order valence-corrected chi connectivity index (χ2v) is 8.92. The number of carbonyl (C=O) groups is 3. The molecule has 0 radical (unpaired) electrons. The first-order chi connectivity index (χ1) is 15.5. The van der Waals surface area contributed by atoms with Crippen molar-refractivity contribution in [1.82, 2.24) is 20.0 Å². The number of nitrogens with two attached hydrogens (primary N) is 1. The van der Waals surface area contributed by atoms with Crippen molar-refractivity contribution < 1.29 is 23.5 Å². The summed E-state index contributed by atoms with van der Waals surface area (Å²) in [6.07, 6.45) is -0.00765. The van der Waals surface area contributed by atoms with E-state index >= 15 is 0 Å². The van der Waals surface area contributed by atoms with Crippen molar-refractivity contribution in [1.29, 1.82) is 0 Å². The van der Waals surface area contributed by atoms with Crippen LogP contribution in [0.4, 0.5) is 4.39 Å². The first-order valence-electron chi connectivity index (χ1n) is 10.4. The number of benzene rings is 1. The van der Waals surface area contributed by atoms with Gasteiger partial charge in [0.1, 0.15) is 11.5 Å². The molecule has 0 atom stereocenters. The standard InChI is InChI=1S/C22H27ClFN5O4/c1-22(2,21(32)26-6-9-33-3)11-17(30)28-7-8-29-16(12-28)18(20(25)31)19(27-29)13-4-5-15(24)14(23)10-13/h4-5,10H,6-9,11-12H2,1-3H3,(H2,25,31)(H,26,32). The number of hydrogen-bond donors (Lipinski definition) is 2. The first-order valence-corrected chi connectivity index (χ1v) is 10.8. The summed E-state index contributed by atoms with van der Waals surface area (Å²) in [4.78, 5) is 39.3. The van der Waals surface area contributed by atoms with E-state index in [1.165, 1.54) is 25.3 Å². The van der Waals surface area contributed by atoms with E-state index in [2.05, 4.69) is 10.4 Å². The van der Waals surface area contributed by atoms with E-state index in [1.54, 1.807) is 23.4 Å². The second-order valence-electron chi connectivity index (χ2n) is 8.51. The predicted octanol–water partition coefficient (Wildman–Crippen LogP) is 1.96. The Kier molecular flexibility index (Phi) is 7.38. The predicted molar refractivity (Wildman–Crippen MR) is 120 cm³/mol. The number of hydrogen-bond acceptors (Lipinski definition) is 5. The van der Waals surface area contributed by atoms with Crippen LogP contribution in [0.2, 0.25) is 5.02 Å². The highest BCUT2D eigenvalue weighted by Gasteiger charge is 2.35. The average Bonchev–Trinajstić information content (AvgIpc) is 3.14. The molecule has 3 N–H and O–H groups in total. The van der Waals surface area contributed by atoms with Gasteiger partial charge in [0, 0.05) is 32.2 Å². The second kappa shape index (κ2) is 9.88. The molecule has 0 spiro atoms. The molecule has 1 aromatic carbocycles.